The van der Waals surface area contributed by atoms with E-state index in [0.29, 0.717) is 0 Å². The molecule has 3 heterocycles. The number of rotatable bonds is 5. The molecule has 5 heteroatoms. The van der Waals surface area contributed by atoms with E-state index in [0.717, 1.165) is 45.0 Å². The summed E-state index contributed by atoms with van der Waals surface area (Å²) >= 11 is 1.82. The lowest BCUT2D eigenvalue weighted by atomic mass is 10.3. The van der Waals surface area contributed by atoms with Gasteiger partial charge >= 0.3 is 0 Å². The molecule has 4 nitrogen and oxygen atoms in total. The molecule has 1 fully saturated rings. The molecule has 2 aromatic rings. The van der Waals surface area contributed by atoms with Crippen LogP contribution in [0.5, 0.6) is 0 Å². The quantitative estimate of drug-likeness (QED) is 0.918. The van der Waals surface area contributed by atoms with Crippen LogP contribution in [0, 0.1) is 0 Å². The topological polar surface area (TPSA) is 31.4 Å². The maximum absolute atomic E-state index is 4.62. The standard InChI is InChI=1S/C16H22N4S/c1-19(9-6-15-3-2-12-21-15)16-5-4-14(13-18-16)20-10-7-17-8-11-20/h2-5,12-13,17H,6-11H2,1H3. The second-order valence-electron chi connectivity index (χ2n) is 5.36. The molecular weight excluding hydrogens is 280 g/mol. The Kier molecular flexibility index (Phi) is 4.72. The largest absolute Gasteiger partial charge is 0.368 e. The molecular formula is C16H22N4S. The third-order valence-corrected chi connectivity index (χ3v) is 4.82. The van der Waals surface area contributed by atoms with Gasteiger partial charge < -0.3 is 15.1 Å². The van der Waals surface area contributed by atoms with Gasteiger partial charge in [0.1, 0.15) is 5.82 Å². The minimum atomic E-state index is 1.00. The number of piperazine rings is 1. The fourth-order valence-electron chi connectivity index (χ4n) is 2.56. The molecule has 1 saturated heterocycles. The third-order valence-electron chi connectivity index (χ3n) is 3.88. The number of pyridine rings is 1. The first kappa shape index (κ1) is 14.4. The number of anilines is 2. The summed E-state index contributed by atoms with van der Waals surface area (Å²) in [5.41, 5.74) is 1.23. The van der Waals surface area contributed by atoms with Gasteiger partial charge in [0.15, 0.2) is 0 Å². The summed E-state index contributed by atoms with van der Waals surface area (Å²) in [5, 5.41) is 5.51. The van der Waals surface area contributed by atoms with Crippen LogP contribution in [-0.2, 0) is 6.42 Å². The van der Waals surface area contributed by atoms with E-state index >= 15 is 0 Å². The molecule has 0 aliphatic carbocycles. The molecule has 1 N–H and O–H groups in total. The molecule has 0 spiro atoms. The first-order chi connectivity index (χ1) is 10.3. The van der Waals surface area contributed by atoms with Crippen LogP contribution in [0.1, 0.15) is 4.88 Å². The van der Waals surface area contributed by atoms with Gasteiger partial charge in [-0.3, -0.25) is 0 Å². The third kappa shape index (κ3) is 3.74. The average Bonchev–Trinajstić information content (AvgIpc) is 3.07. The number of likely N-dealkylation sites (N-methyl/N-ethyl adjacent to an activating group) is 1. The summed E-state index contributed by atoms with van der Waals surface area (Å²) in [5.74, 6) is 1.05. The molecule has 112 valence electrons. The molecule has 1 aliphatic rings. The van der Waals surface area contributed by atoms with E-state index in [-0.39, 0.29) is 0 Å². The number of hydrogen-bond donors (Lipinski definition) is 1. The van der Waals surface area contributed by atoms with Gasteiger partial charge in [0.2, 0.25) is 0 Å². The lowest BCUT2D eigenvalue weighted by Gasteiger charge is -2.29. The van der Waals surface area contributed by atoms with Crippen LogP contribution in [0.2, 0.25) is 0 Å². The number of aromatic nitrogens is 1. The highest BCUT2D eigenvalue weighted by Gasteiger charge is 2.11. The fourth-order valence-corrected chi connectivity index (χ4v) is 3.26. The van der Waals surface area contributed by atoms with Crippen molar-refractivity contribution in [1.82, 2.24) is 10.3 Å². The molecule has 0 radical (unpaired) electrons. The Labute approximate surface area is 130 Å². The molecule has 0 saturated carbocycles. The number of nitrogens with one attached hydrogen (secondary N) is 1. The van der Waals surface area contributed by atoms with Crippen molar-refractivity contribution >= 4 is 22.8 Å². The lowest BCUT2D eigenvalue weighted by Crippen LogP contribution is -2.43. The number of hydrogen-bond acceptors (Lipinski definition) is 5. The molecule has 3 rings (SSSR count). The summed E-state index contributed by atoms with van der Waals surface area (Å²) < 4.78 is 0. The summed E-state index contributed by atoms with van der Waals surface area (Å²) in [6.45, 7) is 5.25. The molecule has 0 atom stereocenters. The molecule has 0 unspecified atom stereocenters. The van der Waals surface area contributed by atoms with Gasteiger partial charge in [0.05, 0.1) is 11.9 Å². The minimum absolute atomic E-state index is 1.00. The first-order valence-electron chi connectivity index (χ1n) is 7.48. The Balaban J connectivity index is 1.57. The van der Waals surface area contributed by atoms with Crippen molar-refractivity contribution in [1.29, 1.82) is 0 Å². The molecule has 1 aliphatic heterocycles. The van der Waals surface area contributed by atoms with Crippen molar-refractivity contribution in [3.63, 3.8) is 0 Å². The van der Waals surface area contributed by atoms with E-state index in [1.807, 2.05) is 17.5 Å². The van der Waals surface area contributed by atoms with Crippen molar-refractivity contribution in [3.8, 4) is 0 Å². The van der Waals surface area contributed by atoms with Crippen molar-refractivity contribution in [2.45, 2.75) is 6.42 Å². The highest BCUT2D eigenvalue weighted by Crippen LogP contribution is 2.18. The van der Waals surface area contributed by atoms with Gasteiger partial charge in [-0.05, 0) is 30.0 Å². The van der Waals surface area contributed by atoms with Crippen LogP contribution in [0.4, 0.5) is 11.5 Å². The Morgan fingerprint density at radius 1 is 1.29 bits per heavy atom. The number of thiophene rings is 1. The van der Waals surface area contributed by atoms with E-state index in [9.17, 15) is 0 Å². The summed E-state index contributed by atoms with van der Waals surface area (Å²) in [4.78, 5) is 10.7. The van der Waals surface area contributed by atoms with Gasteiger partial charge in [-0.2, -0.15) is 0 Å². The predicted molar refractivity (Wildman–Crippen MR) is 90.6 cm³/mol. The highest BCUT2D eigenvalue weighted by molar-refractivity contribution is 7.09. The average molecular weight is 302 g/mol. The van der Waals surface area contributed by atoms with Crippen molar-refractivity contribution < 1.29 is 0 Å². The lowest BCUT2D eigenvalue weighted by molar-refractivity contribution is 0.588. The Morgan fingerprint density at radius 3 is 2.81 bits per heavy atom. The van der Waals surface area contributed by atoms with Crippen LogP contribution in [0.15, 0.2) is 35.8 Å². The summed E-state index contributed by atoms with van der Waals surface area (Å²) in [6, 6.07) is 8.63. The SMILES string of the molecule is CN(CCc1cccs1)c1ccc(N2CCNCC2)cn1. The van der Waals surface area contributed by atoms with E-state index in [1.165, 1.54) is 10.6 Å². The molecule has 21 heavy (non-hydrogen) atoms. The minimum Gasteiger partial charge on any atom is -0.368 e. The van der Waals surface area contributed by atoms with Crippen LogP contribution < -0.4 is 15.1 Å². The maximum atomic E-state index is 4.62. The van der Waals surface area contributed by atoms with Gasteiger partial charge in [-0.25, -0.2) is 4.98 Å². The Morgan fingerprint density at radius 2 is 2.14 bits per heavy atom. The second-order valence-corrected chi connectivity index (χ2v) is 6.39. The van der Waals surface area contributed by atoms with Crippen LogP contribution in [0.3, 0.4) is 0 Å². The van der Waals surface area contributed by atoms with Crippen LogP contribution in [-0.4, -0.2) is 44.8 Å². The number of nitrogens with zero attached hydrogens (tertiary/aromatic N) is 3. The zero-order valence-electron chi connectivity index (χ0n) is 12.5. The molecule has 0 bridgehead atoms. The smallest absolute Gasteiger partial charge is 0.128 e. The van der Waals surface area contributed by atoms with Crippen molar-refractivity contribution in [2.24, 2.45) is 0 Å². The van der Waals surface area contributed by atoms with E-state index < -0.39 is 0 Å². The van der Waals surface area contributed by atoms with Crippen LogP contribution in [0.25, 0.3) is 0 Å². The van der Waals surface area contributed by atoms with E-state index in [4.69, 9.17) is 0 Å². The first-order valence-corrected chi connectivity index (χ1v) is 8.36. The van der Waals surface area contributed by atoms with Gasteiger partial charge in [0.25, 0.3) is 0 Å². The second kappa shape index (κ2) is 6.91. The van der Waals surface area contributed by atoms with Gasteiger partial charge in [0, 0.05) is 44.6 Å². The monoisotopic (exact) mass is 302 g/mol. The van der Waals surface area contributed by atoms with Crippen molar-refractivity contribution in [3.05, 3.63) is 40.7 Å². The van der Waals surface area contributed by atoms with Crippen LogP contribution >= 0.6 is 11.3 Å². The predicted octanol–water partition coefficient (Wildman–Crippen LogP) is 2.23. The summed E-state index contributed by atoms with van der Waals surface area (Å²) in [7, 11) is 2.11. The molecule has 2 aromatic heterocycles. The zero-order valence-corrected chi connectivity index (χ0v) is 13.3. The molecule has 0 amide bonds. The van der Waals surface area contributed by atoms with E-state index in [2.05, 4.69) is 56.8 Å². The Bertz CT molecular complexity index is 532. The van der Waals surface area contributed by atoms with Crippen molar-refractivity contribution in [2.75, 3.05) is 49.6 Å². The van der Waals surface area contributed by atoms with Gasteiger partial charge in [-0.1, -0.05) is 6.07 Å². The normalized spacial score (nSPS) is 15.2. The highest BCUT2D eigenvalue weighted by atomic mass is 32.1. The fraction of sp³-hybridized carbons (Fsp3) is 0.438. The summed E-state index contributed by atoms with van der Waals surface area (Å²) in [6.07, 6.45) is 3.08. The van der Waals surface area contributed by atoms with Gasteiger partial charge in [-0.15, -0.1) is 11.3 Å². The maximum Gasteiger partial charge on any atom is 0.128 e. The van der Waals surface area contributed by atoms with E-state index in [1.54, 1.807) is 0 Å². The molecule has 0 aromatic carbocycles. The Hall–Kier alpha value is -1.59. The zero-order chi connectivity index (χ0) is 14.5.